The van der Waals surface area contributed by atoms with Crippen LogP contribution in [0, 0.1) is 10.1 Å². The van der Waals surface area contributed by atoms with E-state index in [9.17, 15) is 18.5 Å². The molecule has 0 spiro atoms. The van der Waals surface area contributed by atoms with Gasteiger partial charge in [-0.1, -0.05) is 18.2 Å². The maximum Gasteiger partial charge on any atom is 0.288 e. The van der Waals surface area contributed by atoms with Gasteiger partial charge in [0.2, 0.25) is 0 Å². The van der Waals surface area contributed by atoms with E-state index in [2.05, 4.69) is 9.80 Å². The van der Waals surface area contributed by atoms with Crippen molar-refractivity contribution in [1.82, 2.24) is 4.90 Å². The Labute approximate surface area is 164 Å². The first-order valence-electron chi connectivity index (χ1n) is 8.87. The van der Waals surface area contributed by atoms with E-state index in [4.69, 9.17) is 4.74 Å². The first-order valence-corrected chi connectivity index (χ1v) is 10.8. The molecule has 0 amide bonds. The summed E-state index contributed by atoms with van der Waals surface area (Å²) >= 11 is 0. The van der Waals surface area contributed by atoms with E-state index in [0.29, 0.717) is 18.8 Å². The Morgan fingerprint density at radius 3 is 2.39 bits per heavy atom. The number of ether oxygens (including phenoxy) is 1. The Hall–Kier alpha value is -2.65. The fourth-order valence-electron chi connectivity index (χ4n) is 3.39. The number of benzene rings is 2. The van der Waals surface area contributed by atoms with Gasteiger partial charge in [-0.3, -0.25) is 15.0 Å². The molecule has 0 atom stereocenters. The molecule has 0 unspecified atom stereocenters. The van der Waals surface area contributed by atoms with Crippen molar-refractivity contribution in [2.24, 2.45) is 0 Å². The van der Waals surface area contributed by atoms with E-state index in [1.807, 2.05) is 24.3 Å². The summed E-state index contributed by atoms with van der Waals surface area (Å²) in [4.78, 5) is 14.6. The van der Waals surface area contributed by atoms with Gasteiger partial charge in [0, 0.05) is 56.3 Å². The Kier molecular flexibility index (Phi) is 5.85. The molecule has 1 aliphatic heterocycles. The minimum atomic E-state index is -3.69. The lowest BCUT2D eigenvalue weighted by Crippen LogP contribution is -2.46. The fraction of sp³-hybridized carbons (Fsp3) is 0.368. The van der Waals surface area contributed by atoms with Crippen molar-refractivity contribution in [2.45, 2.75) is 11.4 Å². The molecule has 3 rings (SSSR count). The van der Waals surface area contributed by atoms with E-state index < -0.39 is 14.8 Å². The van der Waals surface area contributed by atoms with Crippen molar-refractivity contribution in [3.8, 4) is 5.75 Å². The number of nitro benzene ring substituents is 1. The molecular weight excluding hydrogens is 382 g/mol. The van der Waals surface area contributed by atoms with E-state index in [-0.39, 0.29) is 10.6 Å². The van der Waals surface area contributed by atoms with Gasteiger partial charge in [0.15, 0.2) is 9.84 Å². The van der Waals surface area contributed by atoms with Crippen LogP contribution < -0.4 is 9.64 Å². The zero-order chi connectivity index (χ0) is 20.3. The second kappa shape index (κ2) is 8.15. The molecule has 150 valence electrons. The summed E-state index contributed by atoms with van der Waals surface area (Å²) in [6.45, 7) is 3.77. The summed E-state index contributed by atoms with van der Waals surface area (Å²) < 4.78 is 29.3. The highest BCUT2D eigenvalue weighted by atomic mass is 32.2. The van der Waals surface area contributed by atoms with Crippen LogP contribution in [-0.2, 0) is 16.4 Å². The Bertz CT molecular complexity index is 969. The van der Waals surface area contributed by atoms with Crippen molar-refractivity contribution in [3.05, 3.63) is 58.1 Å². The van der Waals surface area contributed by atoms with Gasteiger partial charge >= 0.3 is 0 Å². The highest BCUT2D eigenvalue weighted by Gasteiger charge is 2.25. The van der Waals surface area contributed by atoms with Crippen LogP contribution in [0.4, 0.5) is 11.4 Å². The van der Waals surface area contributed by atoms with Crippen LogP contribution >= 0.6 is 0 Å². The zero-order valence-electron chi connectivity index (χ0n) is 15.9. The molecule has 1 heterocycles. The number of anilines is 1. The van der Waals surface area contributed by atoms with Crippen LogP contribution in [0.1, 0.15) is 5.56 Å². The Morgan fingerprint density at radius 1 is 1.11 bits per heavy atom. The summed E-state index contributed by atoms with van der Waals surface area (Å²) in [5.74, 6) is 0.859. The third-order valence-corrected chi connectivity index (χ3v) is 5.99. The van der Waals surface area contributed by atoms with Crippen LogP contribution in [-0.4, -0.2) is 57.8 Å². The van der Waals surface area contributed by atoms with Crippen LogP contribution in [0.25, 0.3) is 0 Å². The van der Waals surface area contributed by atoms with Crippen molar-refractivity contribution < 1.29 is 18.1 Å². The van der Waals surface area contributed by atoms with Crippen molar-refractivity contribution in [3.63, 3.8) is 0 Å². The predicted molar refractivity (Wildman–Crippen MR) is 107 cm³/mol. The number of methoxy groups -OCH3 is 1. The second-order valence-electron chi connectivity index (χ2n) is 6.76. The molecule has 28 heavy (non-hydrogen) atoms. The van der Waals surface area contributed by atoms with Gasteiger partial charge in [-0.15, -0.1) is 0 Å². The Balaban J connectivity index is 1.72. The first kappa shape index (κ1) is 20.1. The highest BCUT2D eigenvalue weighted by Crippen LogP contribution is 2.29. The number of hydrogen-bond acceptors (Lipinski definition) is 7. The molecular formula is C19H23N3O5S. The fourth-order valence-corrected chi connectivity index (χ4v) is 4.24. The summed E-state index contributed by atoms with van der Waals surface area (Å²) in [5.41, 5.74) is 1.41. The monoisotopic (exact) mass is 405 g/mol. The number of hydrogen-bond donors (Lipinski definition) is 0. The molecule has 1 aliphatic rings. The molecule has 2 aromatic rings. The maximum atomic E-state index is 12.0. The molecule has 0 bridgehead atoms. The normalized spacial score (nSPS) is 15.4. The summed E-state index contributed by atoms with van der Waals surface area (Å²) in [6.07, 6.45) is 0.990. The average molecular weight is 405 g/mol. The van der Waals surface area contributed by atoms with Gasteiger partial charge < -0.3 is 9.64 Å². The van der Waals surface area contributed by atoms with E-state index in [1.54, 1.807) is 13.2 Å². The number of rotatable bonds is 6. The minimum absolute atomic E-state index is 0.244. The largest absolute Gasteiger partial charge is 0.496 e. The number of piperazine rings is 1. The predicted octanol–water partition coefficient (Wildman–Crippen LogP) is 2.33. The molecule has 9 heteroatoms. The molecule has 0 saturated carbocycles. The molecule has 2 aromatic carbocycles. The third kappa shape index (κ3) is 4.42. The van der Waals surface area contributed by atoms with Crippen LogP contribution in [0.15, 0.2) is 47.4 Å². The Morgan fingerprint density at radius 2 is 1.79 bits per heavy atom. The van der Waals surface area contributed by atoms with Crippen molar-refractivity contribution in [2.75, 3.05) is 44.4 Å². The first-order chi connectivity index (χ1) is 13.3. The lowest BCUT2D eigenvalue weighted by Gasteiger charge is -2.36. The lowest BCUT2D eigenvalue weighted by molar-refractivity contribution is -0.387. The van der Waals surface area contributed by atoms with E-state index >= 15 is 0 Å². The maximum absolute atomic E-state index is 12.0. The van der Waals surface area contributed by atoms with E-state index in [1.165, 1.54) is 12.1 Å². The topological polar surface area (TPSA) is 93.0 Å². The molecule has 0 radical (unpaired) electrons. The van der Waals surface area contributed by atoms with Gasteiger partial charge in [0.05, 0.1) is 12.0 Å². The van der Waals surface area contributed by atoms with Crippen LogP contribution in [0.3, 0.4) is 0 Å². The van der Waals surface area contributed by atoms with Crippen molar-refractivity contribution in [1.29, 1.82) is 0 Å². The van der Waals surface area contributed by atoms with Gasteiger partial charge in [-0.25, -0.2) is 8.42 Å². The highest BCUT2D eigenvalue weighted by molar-refractivity contribution is 7.90. The quantitative estimate of drug-likeness (QED) is 0.538. The molecule has 1 fully saturated rings. The summed E-state index contributed by atoms with van der Waals surface area (Å²) in [6, 6.07) is 12.2. The zero-order valence-corrected chi connectivity index (χ0v) is 16.7. The number of para-hydroxylation sites is 1. The standard InChI is InChI=1S/C19H23N3O5S/c1-27-18-6-4-3-5-15(18)14-20-9-11-21(12-10-20)16-7-8-17(22(23)24)19(13-16)28(2,25)26/h3-8,13H,9-12,14H2,1-2H3. The number of nitro groups is 1. The average Bonchev–Trinajstić information content (AvgIpc) is 2.68. The summed E-state index contributed by atoms with van der Waals surface area (Å²) in [5, 5.41) is 11.1. The SMILES string of the molecule is COc1ccccc1CN1CCN(c2ccc([N+](=O)[O-])c(S(C)(=O)=O)c2)CC1. The summed E-state index contributed by atoms with van der Waals surface area (Å²) in [7, 11) is -2.03. The molecule has 0 aliphatic carbocycles. The van der Waals surface area contributed by atoms with Gasteiger partial charge in [-0.2, -0.15) is 0 Å². The lowest BCUT2D eigenvalue weighted by atomic mass is 10.1. The molecule has 0 aromatic heterocycles. The molecule has 8 nitrogen and oxygen atoms in total. The molecule has 0 N–H and O–H groups in total. The van der Waals surface area contributed by atoms with Crippen LogP contribution in [0.2, 0.25) is 0 Å². The van der Waals surface area contributed by atoms with Crippen LogP contribution in [0.5, 0.6) is 5.75 Å². The second-order valence-corrected chi connectivity index (χ2v) is 8.74. The molecule has 1 saturated heterocycles. The van der Waals surface area contributed by atoms with Gasteiger partial charge in [-0.05, 0) is 18.2 Å². The smallest absolute Gasteiger partial charge is 0.288 e. The number of nitrogens with zero attached hydrogens (tertiary/aromatic N) is 3. The third-order valence-electron chi connectivity index (χ3n) is 4.86. The van der Waals surface area contributed by atoms with Gasteiger partial charge in [0.1, 0.15) is 10.6 Å². The number of sulfone groups is 1. The van der Waals surface area contributed by atoms with Gasteiger partial charge in [0.25, 0.3) is 5.69 Å². The van der Waals surface area contributed by atoms with Crippen molar-refractivity contribution >= 4 is 21.2 Å². The van der Waals surface area contributed by atoms with E-state index in [0.717, 1.165) is 37.2 Å². The minimum Gasteiger partial charge on any atom is -0.496 e.